The number of hydrogen-bond donors (Lipinski definition) is 0. The fourth-order valence-corrected chi connectivity index (χ4v) is 0. The predicted molar refractivity (Wildman–Crippen MR) is 28.3 cm³/mol. The van der Waals surface area contributed by atoms with Gasteiger partial charge in [0.05, 0.1) is 0 Å². The van der Waals surface area contributed by atoms with Crippen LogP contribution in [-0.4, -0.2) is 11.0 Å². The van der Waals surface area contributed by atoms with E-state index in [4.69, 9.17) is 0 Å². The Balaban J connectivity index is 0. The summed E-state index contributed by atoms with van der Waals surface area (Å²) in [6.07, 6.45) is 1.94. The minimum atomic E-state index is 0. The molecule has 2 heteroatoms. The molecular formula is C2H5S2+. The van der Waals surface area contributed by atoms with Crippen LogP contribution in [0.15, 0.2) is 0 Å². The second-order valence-electron chi connectivity index (χ2n) is 0.332. The Morgan fingerprint density at radius 3 is 2.50 bits per heavy atom. The Morgan fingerprint density at radius 2 is 2.50 bits per heavy atom. The van der Waals surface area contributed by atoms with Crippen molar-refractivity contribution in [2.24, 2.45) is 0 Å². The fraction of sp³-hybridized carbons (Fsp3) is 0.500. The molecule has 0 bridgehead atoms. The average molecular weight is 93.2 g/mol. The Kier molecular flexibility index (Phi) is 3.82. The summed E-state index contributed by atoms with van der Waals surface area (Å²) < 4.78 is 1.62. The summed E-state index contributed by atoms with van der Waals surface area (Å²) in [6.45, 7) is 0. The molecular weight excluding hydrogens is 88.2 g/mol. The molecule has 4 heavy (non-hydrogen) atoms. The number of thiocarbonyl (C=S) groups is 1. The molecule has 0 aromatic heterocycles. The molecule has 0 aliphatic rings. The van der Waals surface area contributed by atoms with Crippen LogP contribution in [0.5, 0.6) is 0 Å². The first kappa shape index (κ1) is 4.44. The van der Waals surface area contributed by atoms with Gasteiger partial charge in [0.15, 0.2) is 0 Å². The second kappa shape index (κ2) is 3.44. The molecule has 0 aliphatic heterocycles. The van der Waals surface area contributed by atoms with E-state index in [0.29, 0.717) is 0 Å². The predicted octanol–water partition coefficient (Wildman–Crippen LogP) is 1.42. The van der Waals surface area contributed by atoms with E-state index in [1.165, 1.54) is 0 Å². The van der Waals surface area contributed by atoms with Crippen LogP contribution in [0.4, 0.5) is 0 Å². The van der Waals surface area contributed by atoms with E-state index in [-0.39, 0.29) is 1.43 Å². The molecule has 0 heterocycles. The highest BCUT2D eigenvalue weighted by Gasteiger charge is 1.46. The van der Waals surface area contributed by atoms with E-state index in [1.54, 1.807) is 16.5 Å². The number of thioether (sulfide) groups is 1. The maximum absolute atomic E-state index is 4.39. The molecule has 0 rings (SSSR count). The maximum atomic E-state index is 4.39. The molecule has 0 atom stereocenters. The molecule has 0 amide bonds. The third kappa shape index (κ3) is 2.44. The van der Waals surface area contributed by atoms with Gasteiger partial charge in [0, 0.05) is 4.70 Å². The van der Waals surface area contributed by atoms with Crippen molar-refractivity contribution in [1.29, 1.82) is 0 Å². The molecule has 0 spiro atoms. The molecule has 0 radical (unpaired) electrons. The van der Waals surface area contributed by atoms with Gasteiger partial charge in [-0.05, 0) is 6.26 Å². The van der Waals surface area contributed by atoms with Gasteiger partial charge in [-0.15, -0.1) is 11.8 Å². The summed E-state index contributed by atoms with van der Waals surface area (Å²) in [5.41, 5.74) is 0. The van der Waals surface area contributed by atoms with Gasteiger partial charge < -0.3 is 0 Å². The van der Waals surface area contributed by atoms with E-state index in [9.17, 15) is 0 Å². The minimum absolute atomic E-state index is 0. The van der Waals surface area contributed by atoms with Gasteiger partial charge in [-0.25, -0.2) is 0 Å². The summed E-state index contributed by atoms with van der Waals surface area (Å²) in [5.74, 6) is 0. The van der Waals surface area contributed by atoms with E-state index in [1.807, 2.05) is 6.26 Å². The Labute approximate surface area is 37.1 Å². The lowest BCUT2D eigenvalue weighted by Gasteiger charge is -1.56. The van der Waals surface area contributed by atoms with Gasteiger partial charge in [-0.3, -0.25) is 0 Å². The van der Waals surface area contributed by atoms with Crippen LogP contribution < -0.4 is 0 Å². The van der Waals surface area contributed by atoms with Gasteiger partial charge in [-0.2, -0.15) is 0 Å². The fourth-order valence-electron chi connectivity index (χ4n) is 0. The van der Waals surface area contributed by atoms with Crippen molar-refractivity contribution in [2.75, 3.05) is 6.26 Å². The van der Waals surface area contributed by atoms with Crippen LogP contribution in [-0.2, 0) is 0 Å². The van der Waals surface area contributed by atoms with Crippen molar-refractivity contribution < 1.29 is 1.43 Å². The molecule has 0 aliphatic carbocycles. The molecule has 24 valence electrons. The van der Waals surface area contributed by atoms with Gasteiger partial charge in [0.1, 0.15) is 0 Å². The zero-order valence-electron chi connectivity index (χ0n) is 3.39. The van der Waals surface area contributed by atoms with Crippen LogP contribution in [0.3, 0.4) is 0 Å². The molecule has 0 saturated heterocycles. The van der Waals surface area contributed by atoms with Crippen LogP contribution in [0.25, 0.3) is 0 Å². The summed E-state index contributed by atoms with van der Waals surface area (Å²) in [5, 5.41) is 0. The van der Waals surface area contributed by atoms with E-state index in [0.717, 1.165) is 0 Å². The zero-order valence-corrected chi connectivity index (χ0v) is 4.03. The summed E-state index contributed by atoms with van der Waals surface area (Å²) in [4.78, 5) is 0. The van der Waals surface area contributed by atoms with Crippen LogP contribution in [0.2, 0.25) is 0 Å². The highest BCUT2D eigenvalue weighted by Crippen LogP contribution is 1.78. The Hall–Kier alpha value is 0.440. The number of rotatable bonds is 1. The van der Waals surface area contributed by atoms with Crippen molar-refractivity contribution in [2.45, 2.75) is 0 Å². The van der Waals surface area contributed by atoms with E-state index in [2.05, 4.69) is 12.2 Å². The van der Waals surface area contributed by atoms with Gasteiger partial charge in [0.25, 0.3) is 0 Å². The van der Waals surface area contributed by atoms with Gasteiger partial charge >= 0.3 is 1.43 Å². The van der Waals surface area contributed by atoms with Crippen molar-refractivity contribution in [3.63, 3.8) is 0 Å². The summed E-state index contributed by atoms with van der Waals surface area (Å²) in [7, 11) is 0. The van der Waals surface area contributed by atoms with Crippen LogP contribution in [0, 0.1) is 0 Å². The standard InChI is InChI=1S/C2H4S2/c1-4-2-3/h2H,1H3/p+1. The lowest BCUT2D eigenvalue weighted by atomic mass is 11.9. The van der Waals surface area contributed by atoms with Crippen molar-refractivity contribution in [3.8, 4) is 0 Å². The van der Waals surface area contributed by atoms with E-state index < -0.39 is 0 Å². The molecule has 0 nitrogen and oxygen atoms in total. The third-order valence-electron chi connectivity index (χ3n) is 0.0962. The minimum Gasteiger partial charge on any atom is -0.126 e. The van der Waals surface area contributed by atoms with Crippen LogP contribution >= 0.6 is 24.0 Å². The number of hydrogen-bond acceptors (Lipinski definition) is 2. The third-order valence-corrected chi connectivity index (χ3v) is 0.866. The Morgan fingerprint density at radius 1 is 2.25 bits per heavy atom. The Bertz CT molecular complexity index is 21.6. The first-order valence-corrected chi connectivity index (χ1v) is 2.64. The second-order valence-corrected chi connectivity index (χ2v) is 1.57. The lowest BCUT2D eigenvalue weighted by molar-refractivity contribution is 2.54. The summed E-state index contributed by atoms with van der Waals surface area (Å²) >= 11 is 5.94. The van der Waals surface area contributed by atoms with Crippen LogP contribution in [0.1, 0.15) is 1.43 Å². The topological polar surface area (TPSA) is 0 Å². The van der Waals surface area contributed by atoms with Crippen molar-refractivity contribution >= 4 is 28.7 Å². The molecule has 0 unspecified atom stereocenters. The van der Waals surface area contributed by atoms with Gasteiger partial charge in [-0.1, -0.05) is 12.2 Å². The molecule has 0 aromatic rings. The molecule has 0 N–H and O–H groups in total. The smallest absolute Gasteiger partial charge is 0.126 e. The highest BCUT2D eigenvalue weighted by atomic mass is 32.2. The molecule has 0 aromatic carbocycles. The first-order valence-electron chi connectivity index (χ1n) is 0.880. The lowest BCUT2D eigenvalue weighted by Crippen LogP contribution is -1.38. The quantitative estimate of drug-likeness (QED) is 0.450. The molecule has 0 fully saturated rings. The van der Waals surface area contributed by atoms with E-state index >= 15 is 0 Å². The SMILES string of the molecule is CSC=S.[H+]. The van der Waals surface area contributed by atoms with Gasteiger partial charge in [0.2, 0.25) is 0 Å². The summed E-state index contributed by atoms with van der Waals surface area (Å²) in [6, 6.07) is 0. The monoisotopic (exact) mass is 93.0 g/mol. The zero-order chi connectivity index (χ0) is 3.41. The molecule has 0 saturated carbocycles. The van der Waals surface area contributed by atoms with Crippen molar-refractivity contribution in [3.05, 3.63) is 0 Å². The van der Waals surface area contributed by atoms with Crippen molar-refractivity contribution in [1.82, 2.24) is 0 Å². The first-order chi connectivity index (χ1) is 1.91. The highest BCUT2D eigenvalue weighted by molar-refractivity contribution is 8.20. The average Bonchev–Trinajstić information content (AvgIpc) is 1.37. The largest absolute Gasteiger partial charge is 1.00 e. The maximum Gasteiger partial charge on any atom is 1.00 e. The normalized spacial score (nSPS) is 6.25.